The summed E-state index contributed by atoms with van der Waals surface area (Å²) in [6.07, 6.45) is 2.40. The lowest BCUT2D eigenvalue weighted by Crippen LogP contribution is -2.36. The van der Waals surface area contributed by atoms with Gasteiger partial charge in [0, 0.05) is 31.1 Å². The molecule has 1 heterocycles. The van der Waals surface area contributed by atoms with Gasteiger partial charge in [0.15, 0.2) is 0 Å². The fraction of sp³-hybridized carbons (Fsp3) is 0.391. The predicted molar refractivity (Wildman–Crippen MR) is 107 cm³/mol. The Balaban J connectivity index is 1.54. The topological polar surface area (TPSA) is 58.6 Å². The predicted octanol–water partition coefficient (Wildman–Crippen LogP) is 3.08. The van der Waals surface area contributed by atoms with E-state index in [9.17, 15) is 9.59 Å². The van der Waals surface area contributed by atoms with Crippen LogP contribution < -0.4 is 10.1 Å². The molecule has 0 bridgehead atoms. The molecule has 2 aromatic rings. The van der Waals surface area contributed by atoms with Gasteiger partial charge in [-0.15, -0.1) is 0 Å². The van der Waals surface area contributed by atoms with Crippen molar-refractivity contribution in [3.63, 3.8) is 0 Å². The van der Waals surface area contributed by atoms with E-state index in [1.54, 1.807) is 24.1 Å². The van der Waals surface area contributed by atoms with Gasteiger partial charge in [0.25, 0.3) is 5.91 Å². The van der Waals surface area contributed by atoms with Crippen LogP contribution in [0.1, 0.15) is 34.7 Å². The number of amides is 2. The van der Waals surface area contributed by atoms with Crippen LogP contribution >= 0.6 is 0 Å². The smallest absolute Gasteiger partial charge is 0.254 e. The molecule has 2 aromatic carbocycles. The zero-order valence-corrected chi connectivity index (χ0v) is 16.1. The van der Waals surface area contributed by atoms with Crippen LogP contribution in [0.15, 0.2) is 54.6 Å². The summed E-state index contributed by atoms with van der Waals surface area (Å²) in [6.45, 7) is 1.73. The maximum absolute atomic E-state index is 13.1. The van der Waals surface area contributed by atoms with Crippen molar-refractivity contribution in [3.8, 4) is 5.75 Å². The van der Waals surface area contributed by atoms with Crippen LogP contribution in [-0.4, -0.2) is 43.5 Å². The molecular formula is C23H26N2O3. The minimum absolute atomic E-state index is 0.00922. The number of hydrogen-bond acceptors (Lipinski definition) is 3. The van der Waals surface area contributed by atoms with E-state index < -0.39 is 0 Å². The lowest BCUT2D eigenvalue weighted by molar-refractivity contribution is -0.125. The monoisotopic (exact) mass is 378 g/mol. The van der Waals surface area contributed by atoms with Crippen LogP contribution in [0.4, 0.5) is 0 Å². The Morgan fingerprint density at radius 3 is 2.57 bits per heavy atom. The summed E-state index contributed by atoms with van der Waals surface area (Å²) in [5, 5.41) is 3.11. The fourth-order valence-corrected chi connectivity index (χ4v) is 3.91. The summed E-state index contributed by atoms with van der Waals surface area (Å²) in [5.74, 6) is 1.07. The van der Waals surface area contributed by atoms with Gasteiger partial charge < -0.3 is 15.0 Å². The van der Waals surface area contributed by atoms with E-state index in [0.29, 0.717) is 30.3 Å². The number of likely N-dealkylation sites (tertiary alicyclic amines) is 1. The Morgan fingerprint density at radius 2 is 1.86 bits per heavy atom. The van der Waals surface area contributed by atoms with E-state index in [1.165, 1.54) is 12.8 Å². The molecule has 1 aliphatic heterocycles. The second-order valence-electron chi connectivity index (χ2n) is 7.75. The number of methoxy groups -OCH3 is 1. The minimum atomic E-state index is -0.226. The van der Waals surface area contributed by atoms with Gasteiger partial charge in [-0.05, 0) is 42.5 Å². The van der Waals surface area contributed by atoms with Crippen LogP contribution in [0.3, 0.4) is 0 Å². The molecule has 0 spiro atoms. The molecule has 2 fully saturated rings. The molecule has 1 saturated heterocycles. The maximum Gasteiger partial charge on any atom is 0.254 e. The standard InChI is InChI=1S/C23H26N2O3/c1-28-19-9-5-8-18(12-19)23(27)25-14-20(17-6-3-2-4-7-17)21(15-25)22(26)24-13-16-10-11-16/h2-9,12,16,20-21H,10-11,13-15H2,1H3,(H,24,26). The maximum atomic E-state index is 13.1. The number of rotatable bonds is 6. The summed E-state index contributed by atoms with van der Waals surface area (Å²) in [6, 6.07) is 17.2. The zero-order valence-electron chi connectivity index (χ0n) is 16.1. The molecule has 2 amide bonds. The summed E-state index contributed by atoms with van der Waals surface area (Å²) in [7, 11) is 1.59. The number of hydrogen-bond donors (Lipinski definition) is 1. The molecular weight excluding hydrogens is 352 g/mol. The molecule has 2 atom stereocenters. The van der Waals surface area contributed by atoms with Gasteiger partial charge in [0.2, 0.25) is 5.91 Å². The van der Waals surface area contributed by atoms with Crippen molar-refractivity contribution in [3.05, 3.63) is 65.7 Å². The molecule has 0 aromatic heterocycles. The first kappa shape index (κ1) is 18.5. The summed E-state index contributed by atoms with van der Waals surface area (Å²) in [4.78, 5) is 27.8. The van der Waals surface area contributed by atoms with Gasteiger partial charge in [0.05, 0.1) is 13.0 Å². The van der Waals surface area contributed by atoms with E-state index >= 15 is 0 Å². The van der Waals surface area contributed by atoms with Crippen LogP contribution in [-0.2, 0) is 4.79 Å². The molecule has 1 N–H and O–H groups in total. The third-order valence-electron chi connectivity index (χ3n) is 5.75. The molecule has 146 valence electrons. The van der Waals surface area contributed by atoms with Crippen LogP contribution in [0.25, 0.3) is 0 Å². The Kier molecular flexibility index (Phi) is 5.33. The van der Waals surface area contributed by atoms with E-state index in [4.69, 9.17) is 4.74 Å². The van der Waals surface area contributed by atoms with Crippen molar-refractivity contribution in [1.29, 1.82) is 0 Å². The minimum Gasteiger partial charge on any atom is -0.497 e. The van der Waals surface area contributed by atoms with E-state index in [2.05, 4.69) is 5.32 Å². The largest absolute Gasteiger partial charge is 0.497 e. The van der Waals surface area contributed by atoms with Crippen molar-refractivity contribution in [2.24, 2.45) is 11.8 Å². The first-order chi connectivity index (χ1) is 13.7. The molecule has 28 heavy (non-hydrogen) atoms. The van der Waals surface area contributed by atoms with E-state index in [1.807, 2.05) is 42.5 Å². The number of carbonyl (C=O) groups excluding carboxylic acids is 2. The van der Waals surface area contributed by atoms with Crippen molar-refractivity contribution in [2.75, 3.05) is 26.7 Å². The van der Waals surface area contributed by atoms with Gasteiger partial charge in [-0.1, -0.05) is 36.4 Å². The highest BCUT2D eigenvalue weighted by Crippen LogP contribution is 2.34. The van der Waals surface area contributed by atoms with Gasteiger partial charge >= 0.3 is 0 Å². The normalized spacial score (nSPS) is 21.4. The van der Waals surface area contributed by atoms with Gasteiger partial charge in [0.1, 0.15) is 5.75 Å². The molecule has 0 radical (unpaired) electrons. The van der Waals surface area contributed by atoms with Gasteiger partial charge in [-0.3, -0.25) is 9.59 Å². The van der Waals surface area contributed by atoms with Crippen molar-refractivity contribution in [2.45, 2.75) is 18.8 Å². The quantitative estimate of drug-likeness (QED) is 0.840. The zero-order chi connectivity index (χ0) is 19.5. The molecule has 1 saturated carbocycles. The average molecular weight is 378 g/mol. The lowest BCUT2D eigenvalue weighted by Gasteiger charge is -2.18. The highest BCUT2D eigenvalue weighted by Gasteiger charge is 2.40. The molecule has 2 aliphatic rings. The number of nitrogens with zero attached hydrogens (tertiary/aromatic N) is 1. The average Bonchev–Trinajstić information content (AvgIpc) is 3.47. The third-order valence-corrected chi connectivity index (χ3v) is 5.75. The first-order valence-electron chi connectivity index (χ1n) is 9.91. The molecule has 4 rings (SSSR count). The lowest BCUT2D eigenvalue weighted by atomic mass is 9.88. The SMILES string of the molecule is COc1cccc(C(=O)N2CC(C(=O)NCC3CC3)C(c3ccccc3)C2)c1. The van der Waals surface area contributed by atoms with Crippen molar-refractivity contribution >= 4 is 11.8 Å². The first-order valence-corrected chi connectivity index (χ1v) is 9.91. The van der Waals surface area contributed by atoms with Crippen LogP contribution in [0.2, 0.25) is 0 Å². The Morgan fingerprint density at radius 1 is 1.07 bits per heavy atom. The van der Waals surface area contributed by atoms with E-state index in [-0.39, 0.29) is 23.7 Å². The summed E-state index contributed by atoms with van der Waals surface area (Å²) in [5.41, 5.74) is 1.69. The van der Waals surface area contributed by atoms with Crippen LogP contribution in [0.5, 0.6) is 5.75 Å². The Labute approximate surface area is 165 Å². The van der Waals surface area contributed by atoms with Crippen LogP contribution in [0, 0.1) is 11.8 Å². The molecule has 5 nitrogen and oxygen atoms in total. The third kappa shape index (κ3) is 4.03. The Bertz CT molecular complexity index is 848. The highest BCUT2D eigenvalue weighted by atomic mass is 16.5. The second kappa shape index (κ2) is 8.05. The summed E-state index contributed by atoms with van der Waals surface area (Å²) < 4.78 is 5.24. The molecule has 5 heteroatoms. The van der Waals surface area contributed by atoms with Gasteiger partial charge in [-0.25, -0.2) is 0 Å². The molecule has 2 unspecified atom stereocenters. The van der Waals surface area contributed by atoms with Crippen molar-refractivity contribution < 1.29 is 14.3 Å². The molecule has 1 aliphatic carbocycles. The van der Waals surface area contributed by atoms with Crippen molar-refractivity contribution in [1.82, 2.24) is 10.2 Å². The number of nitrogens with one attached hydrogen (secondary N) is 1. The van der Waals surface area contributed by atoms with Gasteiger partial charge in [-0.2, -0.15) is 0 Å². The number of carbonyl (C=O) groups is 2. The summed E-state index contributed by atoms with van der Waals surface area (Å²) >= 11 is 0. The van der Waals surface area contributed by atoms with E-state index in [0.717, 1.165) is 12.1 Å². The Hall–Kier alpha value is -2.82. The number of benzene rings is 2. The number of ether oxygens (including phenoxy) is 1. The fourth-order valence-electron chi connectivity index (χ4n) is 3.91. The highest BCUT2D eigenvalue weighted by molar-refractivity contribution is 5.95. The second-order valence-corrected chi connectivity index (χ2v) is 7.75.